The van der Waals surface area contributed by atoms with Crippen LogP contribution in [-0.2, 0) is 32.5 Å². The Morgan fingerprint density at radius 3 is 0.831 bits per heavy atom. The molecule has 2 aromatic rings. The van der Waals surface area contributed by atoms with Gasteiger partial charge in [0.25, 0.3) is 11.7 Å². The molecule has 0 fully saturated rings. The minimum atomic E-state index is -10.7. The van der Waals surface area contributed by atoms with Gasteiger partial charge in [0.2, 0.25) is 0 Å². The Bertz CT molecular complexity index is 2250. The first-order valence-corrected chi connectivity index (χ1v) is 33.3. The topological polar surface area (TPSA) is 30.1 Å². The Hall–Kier alpha value is -1.68. The van der Waals surface area contributed by atoms with Crippen LogP contribution in [0.15, 0.2) is 24.3 Å². The molecule has 4 nitrogen and oxygen atoms in total. The number of amidine groups is 2. The molecule has 0 aliphatic carbocycles. The van der Waals surface area contributed by atoms with Gasteiger partial charge in [0, 0.05) is 23.5 Å². The van der Waals surface area contributed by atoms with Crippen LogP contribution in [0.3, 0.4) is 0 Å². The summed E-state index contributed by atoms with van der Waals surface area (Å²) in [5, 5.41) is 14.1. The third-order valence-corrected chi connectivity index (χ3v) is 15.7. The van der Waals surface area contributed by atoms with Crippen molar-refractivity contribution in [3.63, 3.8) is 0 Å². The van der Waals surface area contributed by atoms with Gasteiger partial charge in [0.15, 0.2) is 0 Å². The summed E-state index contributed by atoms with van der Waals surface area (Å²) in [4.78, 5) is 0. The number of hydrogen-bond donors (Lipinski definition) is 2. The third kappa shape index (κ3) is 27.8. The van der Waals surface area contributed by atoms with Gasteiger partial charge in [-0.25, -0.2) is 0 Å². The van der Waals surface area contributed by atoms with Gasteiger partial charge >= 0.3 is 66.0 Å². The molecule has 2 N–H and O–H groups in total. The molecule has 0 bridgehead atoms. The number of nitrogens with zero attached hydrogens (tertiary/aromatic N) is 2. The Labute approximate surface area is 466 Å². The van der Waals surface area contributed by atoms with Crippen LogP contribution in [0, 0.1) is 0 Å². The van der Waals surface area contributed by atoms with E-state index >= 15 is 0 Å². The standard InChI is InChI=1S/2C27H43N2P.CH2Cl2.2F6P/c2*1-25(2,3)19-17-20(26(4,5)6)23(21(18-19)27(7,8)9)30-22-13-10-11-15-29-16-12-14-28-24(22)29;2-1-3;2*1-7(2,3,4,5)6/h2*17-18H,10-16H2,1-9H3;1H2;;/q;;;2*-1/p+2. The predicted octanol–water partition coefficient (Wildman–Crippen LogP) is 20.0. The van der Waals surface area contributed by atoms with Crippen molar-refractivity contribution in [2.75, 3.05) is 44.6 Å². The Balaban J connectivity index is 0.000000406. The molecular formula is C55H90Cl2F12N4P4. The zero-order valence-corrected chi connectivity index (χ0v) is 54.0. The van der Waals surface area contributed by atoms with Gasteiger partial charge < -0.3 is 0 Å². The molecule has 2 aromatic carbocycles. The van der Waals surface area contributed by atoms with Crippen molar-refractivity contribution in [2.45, 2.75) is 208 Å². The van der Waals surface area contributed by atoms with Crippen LogP contribution in [0.4, 0.5) is 50.4 Å². The van der Waals surface area contributed by atoms with Gasteiger partial charge in [-0.05, 0) is 104 Å². The number of rotatable bonds is 2. The van der Waals surface area contributed by atoms with E-state index in [1.165, 1.54) is 139 Å². The van der Waals surface area contributed by atoms with Crippen LogP contribution in [0.25, 0.3) is 0 Å². The van der Waals surface area contributed by atoms with Gasteiger partial charge in [-0.1, -0.05) is 165 Å². The third-order valence-electron chi connectivity index (χ3n) is 12.8. The summed E-state index contributed by atoms with van der Waals surface area (Å²) in [6.07, 6.45) is 10.2. The molecule has 0 radical (unpaired) electrons. The van der Waals surface area contributed by atoms with Crippen LogP contribution >= 0.6 is 55.2 Å². The number of nitrogens with one attached hydrogen (secondary N) is 2. The van der Waals surface area contributed by atoms with Crippen LogP contribution < -0.4 is 21.2 Å². The molecule has 0 saturated heterocycles. The molecule has 448 valence electrons. The first kappa shape index (κ1) is 71.4. The first-order chi connectivity index (χ1) is 33.9. The molecule has 0 atom stereocenters. The monoisotopic (exact) mass is 1230 g/mol. The zero-order valence-electron chi connectivity index (χ0n) is 48.9. The fourth-order valence-corrected chi connectivity index (χ4v) is 12.8. The molecule has 4 aliphatic heterocycles. The molecule has 0 spiro atoms. The van der Waals surface area contributed by atoms with Crippen molar-refractivity contribution in [1.82, 2.24) is 10.6 Å². The normalized spacial score (nSPS) is 20.1. The summed E-state index contributed by atoms with van der Waals surface area (Å²) in [5.41, 5.74) is 9.85. The summed E-state index contributed by atoms with van der Waals surface area (Å²) in [6, 6.07) is 10.1. The van der Waals surface area contributed by atoms with E-state index in [4.69, 9.17) is 23.2 Å². The van der Waals surface area contributed by atoms with E-state index < -0.39 is 15.6 Å². The Morgan fingerprint density at radius 2 is 0.623 bits per heavy atom. The van der Waals surface area contributed by atoms with Crippen molar-refractivity contribution >= 4 is 88.1 Å². The number of alkyl halides is 2. The van der Waals surface area contributed by atoms with Gasteiger partial charge in [-0.15, -0.1) is 23.2 Å². The van der Waals surface area contributed by atoms with Crippen LogP contribution in [0.5, 0.6) is 0 Å². The fraction of sp³-hybridized carbons (Fsp3) is 0.709. The van der Waals surface area contributed by atoms with Crippen LogP contribution in [-0.4, -0.2) is 76.0 Å². The van der Waals surface area contributed by atoms with E-state index in [2.05, 4.69) is 169 Å². The molecule has 4 aliphatic rings. The summed E-state index contributed by atoms with van der Waals surface area (Å²) in [6.45, 7) is 49.8. The molecule has 4 heterocycles. The summed E-state index contributed by atoms with van der Waals surface area (Å²) in [7, 11) is -18.5. The predicted molar refractivity (Wildman–Crippen MR) is 315 cm³/mol. The van der Waals surface area contributed by atoms with E-state index in [0.29, 0.717) is 0 Å². The van der Waals surface area contributed by atoms with Crippen molar-refractivity contribution in [2.24, 2.45) is 0 Å². The van der Waals surface area contributed by atoms with Gasteiger partial charge in [-0.2, -0.15) is 0 Å². The average molecular weight is 1230 g/mol. The molecule has 77 heavy (non-hydrogen) atoms. The average Bonchev–Trinajstić information content (AvgIpc) is 3.53. The number of benzene rings is 2. The second-order valence-corrected chi connectivity index (χ2v) is 33.7. The van der Waals surface area contributed by atoms with Crippen molar-refractivity contribution < 1.29 is 59.5 Å². The SMILES string of the molecule is CC(C)(C)c1cc(C(C)(C)C)c(P=C2CCCC[N+]3=C2NCCC3)c(C(C)(C)C)c1.CC(C)(C)c1cc(C(C)(C)C)c(P=C2CCCC[N+]3=C2NCCC3)c(C(C)(C)C)c1.ClCCl.F[P-](F)(F)(F)(F)F.F[P-](F)(F)(F)(F)F. The van der Waals surface area contributed by atoms with E-state index in [1.54, 1.807) is 21.2 Å². The molecule has 6 rings (SSSR count). The summed E-state index contributed by atoms with van der Waals surface area (Å²) < 4.78 is 124. The molecule has 0 amide bonds. The van der Waals surface area contributed by atoms with Crippen molar-refractivity contribution in [3.8, 4) is 0 Å². The second kappa shape index (κ2) is 23.9. The summed E-state index contributed by atoms with van der Waals surface area (Å²) >= 11 is 9.53. The van der Waals surface area contributed by atoms with E-state index in [0.717, 1.165) is 13.1 Å². The molecule has 0 saturated carbocycles. The Morgan fingerprint density at radius 1 is 0.403 bits per heavy atom. The van der Waals surface area contributed by atoms with E-state index in [1.807, 2.05) is 0 Å². The van der Waals surface area contributed by atoms with E-state index in [9.17, 15) is 50.4 Å². The second-order valence-electron chi connectivity index (χ2n) is 26.6. The maximum absolute atomic E-state index is 10.7. The summed E-state index contributed by atoms with van der Waals surface area (Å²) in [5.74, 6) is 2.89. The number of hydrogen-bond acceptors (Lipinski definition) is 2. The Kier molecular flexibility index (Phi) is 22.2. The molecular weight excluding hydrogens is 1140 g/mol. The van der Waals surface area contributed by atoms with Gasteiger partial charge in [0.1, 0.15) is 0 Å². The zero-order chi connectivity index (χ0) is 60.2. The van der Waals surface area contributed by atoms with Gasteiger partial charge in [0.05, 0.1) is 55.2 Å². The van der Waals surface area contributed by atoms with E-state index in [-0.39, 0.29) is 37.8 Å². The minimum absolute atomic E-state index is 0.124. The fourth-order valence-electron chi connectivity index (χ4n) is 8.99. The van der Waals surface area contributed by atoms with Crippen molar-refractivity contribution in [3.05, 3.63) is 57.6 Å². The van der Waals surface area contributed by atoms with Crippen LogP contribution in [0.2, 0.25) is 0 Å². The van der Waals surface area contributed by atoms with Gasteiger partial charge in [-0.3, -0.25) is 19.8 Å². The molecule has 0 unspecified atom stereocenters. The number of halogens is 14. The maximum atomic E-state index is 9.87. The van der Waals surface area contributed by atoms with Crippen molar-refractivity contribution in [1.29, 1.82) is 0 Å². The molecule has 0 aromatic heterocycles. The first-order valence-electron chi connectivity index (χ1n) is 26.4. The molecule has 22 heteroatoms. The quantitative estimate of drug-likeness (QED) is 0.136. The van der Waals surface area contributed by atoms with Crippen LogP contribution in [0.1, 0.15) is 209 Å².